The second-order valence-corrected chi connectivity index (χ2v) is 7.90. The van der Waals surface area contributed by atoms with Crippen LogP contribution in [0.5, 0.6) is 5.75 Å². The zero-order valence-corrected chi connectivity index (χ0v) is 16.6. The fraction of sp³-hybridized carbons (Fsp3) is 0.429. The largest absolute Gasteiger partial charge is 0.501 e. The minimum atomic E-state index is -0.816. The molecule has 0 bridgehead atoms. The smallest absolute Gasteiger partial charge is 0.294 e. The van der Waals surface area contributed by atoms with Gasteiger partial charge < -0.3 is 19.9 Å². The molecule has 2 amide bonds. The lowest BCUT2D eigenvalue weighted by molar-refractivity contribution is -0.133. The molecule has 2 heterocycles. The van der Waals surface area contributed by atoms with Crippen LogP contribution in [0.4, 0.5) is 4.39 Å². The number of hydrogen-bond acceptors (Lipinski definition) is 5. The lowest BCUT2D eigenvalue weighted by Crippen LogP contribution is -2.35. The quantitative estimate of drug-likeness (QED) is 0.778. The lowest BCUT2D eigenvalue weighted by Gasteiger charge is -2.24. The molecule has 8 nitrogen and oxygen atoms in total. The van der Waals surface area contributed by atoms with Gasteiger partial charge in [-0.1, -0.05) is 12.1 Å². The molecule has 1 saturated heterocycles. The Morgan fingerprint density at radius 2 is 1.97 bits per heavy atom. The molecule has 4 rings (SSSR count). The molecule has 158 valence electrons. The third-order valence-electron chi connectivity index (χ3n) is 5.57. The number of nitrogens with zero attached hydrogens (tertiary/aromatic N) is 3. The molecule has 9 heteroatoms. The molecule has 2 aromatic rings. The van der Waals surface area contributed by atoms with Crippen LogP contribution in [0.3, 0.4) is 0 Å². The number of aromatic nitrogens is 2. The summed E-state index contributed by atoms with van der Waals surface area (Å²) in [7, 11) is 1.51. The average molecular weight is 414 g/mol. The van der Waals surface area contributed by atoms with E-state index >= 15 is 0 Å². The van der Waals surface area contributed by atoms with E-state index in [0.29, 0.717) is 18.5 Å². The Labute approximate surface area is 172 Å². The Morgan fingerprint density at radius 1 is 1.27 bits per heavy atom. The molecule has 0 spiro atoms. The summed E-state index contributed by atoms with van der Waals surface area (Å²) in [6, 6.07) is 5.27. The molecule has 1 aliphatic carbocycles. The molecule has 1 unspecified atom stereocenters. The van der Waals surface area contributed by atoms with Crippen molar-refractivity contribution in [2.45, 2.75) is 38.3 Å². The highest BCUT2D eigenvalue weighted by molar-refractivity contribution is 5.94. The number of likely N-dealkylation sites (tertiary alicyclic amines) is 1. The van der Waals surface area contributed by atoms with Gasteiger partial charge in [-0.2, -0.15) is 0 Å². The summed E-state index contributed by atoms with van der Waals surface area (Å²) in [6.45, 7) is 0.733. The SMILES string of the molecule is CN(Cc1ccc(F)cc1)C(=O)c1nc(C2CCCN2C(=O)C2CC2)[nH]c(=O)c1O. The van der Waals surface area contributed by atoms with E-state index in [1.807, 2.05) is 0 Å². The normalized spacial score (nSPS) is 18.5. The Balaban J connectivity index is 1.59. The van der Waals surface area contributed by atoms with E-state index in [-0.39, 0.29) is 35.7 Å². The second-order valence-electron chi connectivity index (χ2n) is 7.90. The molecule has 1 aromatic carbocycles. The first kappa shape index (κ1) is 20.1. The van der Waals surface area contributed by atoms with Crippen LogP contribution < -0.4 is 5.56 Å². The predicted molar refractivity (Wildman–Crippen MR) is 105 cm³/mol. The van der Waals surface area contributed by atoms with Crippen molar-refractivity contribution in [2.24, 2.45) is 5.92 Å². The van der Waals surface area contributed by atoms with Gasteiger partial charge in [0.05, 0.1) is 6.04 Å². The van der Waals surface area contributed by atoms with E-state index < -0.39 is 23.3 Å². The summed E-state index contributed by atoms with van der Waals surface area (Å²) in [5.41, 5.74) is -0.484. The minimum absolute atomic E-state index is 0.0392. The Bertz CT molecular complexity index is 1030. The maximum absolute atomic E-state index is 13.1. The summed E-state index contributed by atoms with van der Waals surface area (Å²) in [4.78, 5) is 47.5. The van der Waals surface area contributed by atoms with Crippen molar-refractivity contribution in [3.8, 4) is 5.75 Å². The summed E-state index contributed by atoms with van der Waals surface area (Å²) in [6.07, 6.45) is 3.16. The van der Waals surface area contributed by atoms with Crippen molar-refractivity contribution in [1.29, 1.82) is 0 Å². The van der Waals surface area contributed by atoms with Crippen molar-refractivity contribution in [1.82, 2.24) is 19.8 Å². The molecule has 1 aromatic heterocycles. The van der Waals surface area contributed by atoms with Crippen molar-refractivity contribution in [3.05, 3.63) is 57.5 Å². The summed E-state index contributed by atoms with van der Waals surface area (Å²) < 4.78 is 13.1. The molecular formula is C21H23FN4O4. The number of amides is 2. The highest BCUT2D eigenvalue weighted by atomic mass is 19.1. The Morgan fingerprint density at radius 3 is 2.63 bits per heavy atom. The van der Waals surface area contributed by atoms with Crippen LogP contribution in [0.15, 0.2) is 29.1 Å². The first-order valence-corrected chi connectivity index (χ1v) is 9.98. The first-order valence-electron chi connectivity index (χ1n) is 9.98. The van der Waals surface area contributed by atoms with Crippen LogP contribution >= 0.6 is 0 Å². The number of halogens is 1. The van der Waals surface area contributed by atoms with Crippen LogP contribution in [0, 0.1) is 11.7 Å². The summed E-state index contributed by atoms with van der Waals surface area (Å²) in [5.74, 6) is -1.47. The Kier molecular flexibility index (Phi) is 5.27. The number of benzene rings is 1. The number of carbonyl (C=O) groups is 2. The number of aromatic amines is 1. The number of H-pyrrole nitrogens is 1. The number of nitrogens with one attached hydrogen (secondary N) is 1. The van der Waals surface area contributed by atoms with Gasteiger partial charge in [0, 0.05) is 26.1 Å². The van der Waals surface area contributed by atoms with Gasteiger partial charge in [-0.05, 0) is 43.4 Å². The first-order chi connectivity index (χ1) is 14.3. The molecule has 2 aliphatic rings. The van der Waals surface area contributed by atoms with E-state index in [0.717, 1.165) is 19.3 Å². The lowest BCUT2D eigenvalue weighted by atomic mass is 10.1. The highest BCUT2D eigenvalue weighted by Crippen LogP contribution is 2.37. The van der Waals surface area contributed by atoms with Gasteiger partial charge in [0.15, 0.2) is 5.69 Å². The fourth-order valence-corrected chi connectivity index (χ4v) is 3.79. The number of rotatable bonds is 5. The van der Waals surface area contributed by atoms with Crippen LogP contribution in [-0.2, 0) is 11.3 Å². The molecule has 2 fully saturated rings. The fourth-order valence-electron chi connectivity index (χ4n) is 3.79. The third kappa shape index (κ3) is 3.92. The van der Waals surface area contributed by atoms with Crippen molar-refractivity contribution in [3.63, 3.8) is 0 Å². The van der Waals surface area contributed by atoms with Crippen LogP contribution in [0.2, 0.25) is 0 Å². The zero-order chi connectivity index (χ0) is 21.4. The molecule has 1 atom stereocenters. The number of hydrogen-bond donors (Lipinski definition) is 2. The van der Waals surface area contributed by atoms with Crippen molar-refractivity contribution >= 4 is 11.8 Å². The van der Waals surface area contributed by atoms with Crippen LogP contribution in [-0.4, -0.2) is 50.3 Å². The van der Waals surface area contributed by atoms with Crippen molar-refractivity contribution < 1.29 is 19.1 Å². The van der Waals surface area contributed by atoms with Gasteiger partial charge in [0.25, 0.3) is 11.5 Å². The van der Waals surface area contributed by atoms with Crippen LogP contribution in [0.25, 0.3) is 0 Å². The second kappa shape index (κ2) is 7.89. The summed E-state index contributed by atoms with van der Waals surface area (Å²) in [5, 5.41) is 10.2. The van der Waals surface area contributed by atoms with Gasteiger partial charge in [-0.25, -0.2) is 9.37 Å². The number of carbonyl (C=O) groups excluding carboxylic acids is 2. The summed E-state index contributed by atoms with van der Waals surface area (Å²) >= 11 is 0. The third-order valence-corrected chi connectivity index (χ3v) is 5.57. The Hall–Kier alpha value is -3.23. The van der Waals surface area contributed by atoms with Gasteiger partial charge >= 0.3 is 0 Å². The zero-order valence-electron chi connectivity index (χ0n) is 16.6. The molecule has 1 aliphatic heterocycles. The van der Waals surface area contributed by atoms with Gasteiger partial charge in [0.2, 0.25) is 11.7 Å². The van der Waals surface area contributed by atoms with Crippen LogP contribution in [0.1, 0.15) is 53.6 Å². The highest BCUT2D eigenvalue weighted by Gasteiger charge is 2.40. The molecule has 0 radical (unpaired) electrons. The van der Waals surface area contributed by atoms with E-state index in [4.69, 9.17) is 0 Å². The standard InChI is InChI=1S/C21H23FN4O4/c1-25(11-12-4-8-14(22)9-5-12)21(30)16-17(27)19(28)24-18(23-16)15-3-2-10-26(15)20(29)13-6-7-13/h4-5,8-9,13,15,27H,2-3,6-7,10-11H2,1H3,(H,23,24,28). The number of aromatic hydroxyl groups is 1. The average Bonchev–Trinajstić information content (AvgIpc) is 3.47. The van der Waals surface area contributed by atoms with Crippen molar-refractivity contribution in [2.75, 3.05) is 13.6 Å². The van der Waals surface area contributed by atoms with E-state index in [9.17, 15) is 23.9 Å². The maximum Gasteiger partial charge on any atom is 0.294 e. The van der Waals surface area contributed by atoms with E-state index in [2.05, 4.69) is 9.97 Å². The monoisotopic (exact) mass is 414 g/mol. The molecule has 30 heavy (non-hydrogen) atoms. The molecule has 1 saturated carbocycles. The topological polar surface area (TPSA) is 107 Å². The van der Waals surface area contributed by atoms with Gasteiger partial charge in [-0.3, -0.25) is 14.4 Å². The predicted octanol–water partition coefficient (Wildman–Crippen LogP) is 1.96. The molecule has 2 N–H and O–H groups in total. The van der Waals surface area contributed by atoms with Gasteiger partial charge in [0.1, 0.15) is 11.6 Å². The maximum atomic E-state index is 13.1. The van der Waals surface area contributed by atoms with E-state index in [1.165, 1.54) is 24.1 Å². The minimum Gasteiger partial charge on any atom is -0.501 e. The molecular weight excluding hydrogens is 391 g/mol. The van der Waals surface area contributed by atoms with E-state index in [1.54, 1.807) is 17.0 Å². The van der Waals surface area contributed by atoms with Gasteiger partial charge in [-0.15, -0.1) is 0 Å².